The third-order valence-corrected chi connectivity index (χ3v) is 7.05. The van der Waals surface area contributed by atoms with Crippen LogP contribution in [-0.2, 0) is 10.0 Å². The van der Waals surface area contributed by atoms with E-state index in [1.54, 1.807) is 42.6 Å². The smallest absolute Gasteiger partial charge is 0.355 e. The summed E-state index contributed by atoms with van der Waals surface area (Å²) in [6.45, 7) is 1.48. The minimum atomic E-state index is -4.26. The third kappa shape index (κ3) is 3.18. The zero-order valence-corrected chi connectivity index (χ0v) is 17.1. The van der Waals surface area contributed by atoms with Gasteiger partial charge >= 0.3 is 5.97 Å². The molecule has 0 amide bonds. The predicted octanol–water partition coefficient (Wildman–Crippen LogP) is 2.90. The van der Waals surface area contributed by atoms with E-state index in [1.165, 1.54) is 12.3 Å². The molecule has 0 saturated carbocycles. The van der Waals surface area contributed by atoms with Gasteiger partial charge in [-0.3, -0.25) is 4.98 Å². The van der Waals surface area contributed by atoms with Crippen molar-refractivity contribution in [2.24, 2.45) is 0 Å². The number of aromatic carboxylic acids is 1. The van der Waals surface area contributed by atoms with Crippen LogP contribution in [0, 0.1) is 0 Å². The minimum Gasteiger partial charge on any atom is -0.476 e. The van der Waals surface area contributed by atoms with Crippen LogP contribution < -0.4 is 5.32 Å². The molecule has 4 aromatic rings. The molecule has 0 unspecified atom stereocenters. The molecule has 0 spiro atoms. The first-order chi connectivity index (χ1) is 15.0. The normalized spacial score (nSPS) is 14.6. The van der Waals surface area contributed by atoms with Crippen LogP contribution in [0.4, 0.5) is 0 Å². The van der Waals surface area contributed by atoms with E-state index < -0.39 is 21.7 Å². The molecule has 0 aliphatic carbocycles. The van der Waals surface area contributed by atoms with Crippen LogP contribution in [0.3, 0.4) is 0 Å². The summed E-state index contributed by atoms with van der Waals surface area (Å²) in [5.74, 6) is -1.40. The number of benzene rings is 1. The molecule has 8 nitrogen and oxygen atoms in total. The van der Waals surface area contributed by atoms with Crippen LogP contribution in [0.5, 0.6) is 0 Å². The Balaban J connectivity index is 1.79. The van der Waals surface area contributed by atoms with E-state index in [0.717, 1.165) is 28.1 Å². The Morgan fingerprint density at radius 3 is 2.77 bits per heavy atom. The molecule has 1 aromatic carbocycles. The molecule has 4 heterocycles. The number of pyridine rings is 2. The van der Waals surface area contributed by atoms with Gasteiger partial charge in [0, 0.05) is 29.9 Å². The number of aromatic nitrogens is 3. The number of rotatable bonds is 4. The summed E-state index contributed by atoms with van der Waals surface area (Å²) in [5.41, 5.74) is 2.59. The van der Waals surface area contributed by atoms with E-state index in [0.29, 0.717) is 28.5 Å². The van der Waals surface area contributed by atoms with Gasteiger partial charge in [-0.2, -0.15) is 0 Å². The standard InChI is InChI=1S/C22H18N4O4S/c27-22(28)21-19(12-15-4-1-2-5-17(15)25-21)31(29,30)26-13-16(14-7-10-23-11-8-14)20-18(26)6-3-9-24-20/h1-7,9,12-13,23H,8,10-11H2,(H,27,28). The second-order valence-corrected chi connectivity index (χ2v) is 9.01. The van der Waals surface area contributed by atoms with Crippen LogP contribution >= 0.6 is 0 Å². The van der Waals surface area contributed by atoms with Crippen molar-refractivity contribution in [3.63, 3.8) is 0 Å². The van der Waals surface area contributed by atoms with E-state index in [-0.39, 0.29) is 4.90 Å². The predicted molar refractivity (Wildman–Crippen MR) is 116 cm³/mol. The number of carboxylic acids is 1. The van der Waals surface area contributed by atoms with Gasteiger partial charge in [-0.25, -0.2) is 22.2 Å². The summed E-state index contributed by atoms with van der Waals surface area (Å²) in [5, 5.41) is 13.5. The maximum absolute atomic E-state index is 13.7. The fourth-order valence-corrected chi connectivity index (χ4v) is 5.40. The summed E-state index contributed by atoms with van der Waals surface area (Å²) in [4.78, 5) is 20.1. The first-order valence-corrected chi connectivity index (χ1v) is 11.2. The molecule has 0 fully saturated rings. The van der Waals surface area contributed by atoms with Gasteiger partial charge in [0.15, 0.2) is 5.69 Å². The summed E-state index contributed by atoms with van der Waals surface area (Å²) in [6.07, 6.45) is 5.91. The Hall–Kier alpha value is -3.56. The summed E-state index contributed by atoms with van der Waals surface area (Å²) in [6, 6.07) is 11.5. The molecular weight excluding hydrogens is 416 g/mol. The third-order valence-electron chi connectivity index (χ3n) is 5.36. The lowest BCUT2D eigenvalue weighted by Crippen LogP contribution is -2.20. The first kappa shape index (κ1) is 19.4. The van der Waals surface area contributed by atoms with E-state index in [4.69, 9.17) is 0 Å². The van der Waals surface area contributed by atoms with Gasteiger partial charge < -0.3 is 10.4 Å². The van der Waals surface area contributed by atoms with Gasteiger partial charge in [-0.1, -0.05) is 24.3 Å². The highest BCUT2D eigenvalue weighted by Gasteiger charge is 2.29. The molecular formula is C22H18N4O4S. The number of nitrogens with zero attached hydrogens (tertiary/aromatic N) is 3. The minimum absolute atomic E-state index is 0.356. The summed E-state index contributed by atoms with van der Waals surface area (Å²) >= 11 is 0. The molecule has 0 radical (unpaired) electrons. The fourth-order valence-electron chi connectivity index (χ4n) is 3.88. The Labute approximate surface area is 177 Å². The fraction of sp³-hybridized carbons (Fsp3) is 0.136. The Morgan fingerprint density at radius 1 is 1.16 bits per heavy atom. The lowest BCUT2D eigenvalue weighted by atomic mass is 10.0. The molecule has 31 heavy (non-hydrogen) atoms. The van der Waals surface area contributed by atoms with Gasteiger partial charge in [0.25, 0.3) is 10.0 Å². The van der Waals surface area contributed by atoms with Crippen molar-refractivity contribution >= 4 is 43.5 Å². The van der Waals surface area contributed by atoms with Crippen LogP contribution in [0.2, 0.25) is 0 Å². The van der Waals surface area contributed by atoms with Gasteiger partial charge in [-0.15, -0.1) is 0 Å². The van der Waals surface area contributed by atoms with Crippen LogP contribution in [0.25, 0.3) is 27.5 Å². The van der Waals surface area contributed by atoms with Crippen molar-refractivity contribution in [2.45, 2.75) is 11.3 Å². The summed E-state index contributed by atoms with van der Waals surface area (Å²) < 4.78 is 28.5. The number of nitrogens with one attached hydrogen (secondary N) is 1. The topological polar surface area (TPSA) is 114 Å². The van der Waals surface area contributed by atoms with E-state index in [9.17, 15) is 18.3 Å². The molecule has 9 heteroatoms. The number of hydrogen-bond donors (Lipinski definition) is 2. The van der Waals surface area contributed by atoms with Crippen LogP contribution in [0.15, 0.2) is 65.8 Å². The molecule has 0 saturated heterocycles. The van der Waals surface area contributed by atoms with Crippen molar-refractivity contribution in [3.8, 4) is 0 Å². The summed E-state index contributed by atoms with van der Waals surface area (Å²) in [7, 11) is -4.26. The number of fused-ring (bicyclic) bond motifs is 2. The lowest BCUT2D eigenvalue weighted by Gasteiger charge is -2.13. The zero-order valence-electron chi connectivity index (χ0n) is 16.3. The van der Waals surface area contributed by atoms with Crippen molar-refractivity contribution in [1.82, 2.24) is 19.3 Å². The van der Waals surface area contributed by atoms with Gasteiger partial charge in [0.2, 0.25) is 0 Å². The highest BCUT2D eigenvalue weighted by Crippen LogP contribution is 2.32. The first-order valence-electron chi connectivity index (χ1n) is 9.71. The largest absolute Gasteiger partial charge is 0.476 e. The van der Waals surface area contributed by atoms with Crippen LogP contribution in [0.1, 0.15) is 22.5 Å². The number of carbonyl (C=O) groups is 1. The molecule has 156 valence electrons. The lowest BCUT2D eigenvalue weighted by molar-refractivity contribution is 0.0686. The molecule has 0 atom stereocenters. The van der Waals surface area contributed by atoms with E-state index in [2.05, 4.69) is 15.3 Å². The molecule has 1 aliphatic heterocycles. The van der Waals surface area contributed by atoms with Crippen molar-refractivity contribution in [1.29, 1.82) is 0 Å². The molecule has 1 aliphatic rings. The van der Waals surface area contributed by atoms with Gasteiger partial charge in [-0.05, 0) is 42.8 Å². The Kier molecular flexibility index (Phi) is 4.57. The van der Waals surface area contributed by atoms with Crippen molar-refractivity contribution in [2.75, 3.05) is 13.1 Å². The molecule has 0 bridgehead atoms. The highest BCUT2D eigenvalue weighted by molar-refractivity contribution is 7.90. The monoisotopic (exact) mass is 434 g/mol. The number of para-hydroxylation sites is 1. The number of carboxylic acid groups (broad SMARTS) is 1. The van der Waals surface area contributed by atoms with Gasteiger partial charge in [0.1, 0.15) is 4.90 Å². The van der Waals surface area contributed by atoms with Crippen molar-refractivity contribution in [3.05, 3.63) is 72.2 Å². The van der Waals surface area contributed by atoms with Gasteiger partial charge in [0.05, 0.1) is 16.6 Å². The van der Waals surface area contributed by atoms with E-state index in [1.807, 2.05) is 6.08 Å². The highest BCUT2D eigenvalue weighted by atomic mass is 32.2. The quantitative estimate of drug-likeness (QED) is 0.508. The molecule has 5 rings (SSSR count). The van der Waals surface area contributed by atoms with Crippen molar-refractivity contribution < 1.29 is 18.3 Å². The average molecular weight is 434 g/mol. The zero-order chi connectivity index (χ0) is 21.6. The average Bonchev–Trinajstić information content (AvgIpc) is 3.19. The Morgan fingerprint density at radius 2 is 2.00 bits per heavy atom. The van der Waals surface area contributed by atoms with Crippen LogP contribution in [-0.4, -0.2) is 46.5 Å². The second kappa shape index (κ2) is 7.29. The SMILES string of the molecule is O=C(O)c1nc2ccccc2cc1S(=O)(=O)n1cc(C2=CCNCC2)c2ncccc21. The Bertz CT molecular complexity index is 1490. The second-order valence-electron chi connectivity index (χ2n) is 7.23. The number of hydrogen-bond acceptors (Lipinski definition) is 6. The van der Waals surface area contributed by atoms with E-state index >= 15 is 0 Å². The maximum Gasteiger partial charge on any atom is 0.355 e. The molecule has 3 aromatic heterocycles. The maximum atomic E-state index is 13.7. The molecule has 2 N–H and O–H groups in total.